The second-order valence-corrected chi connectivity index (χ2v) is 4.81. The van der Waals surface area contributed by atoms with Crippen LogP contribution >= 0.6 is 0 Å². The molecule has 2 heterocycles. The van der Waals surface area contributed by atoms with Crippen LogP contribution in [-0.4, -0.2) is 26.5 Å². The summed E-state index contributed by atoms with van der Waals surface area (Å²) in [6.45, 7) is 0.360. The molecule has 0 saturated heterocycles. The Morgan fingerprint density at radius 3 is 2.55 bits per heavy atom. The van der Waals surface area contributed by atoms with Gasteiger partial charge in [0, 0.05) is 18.0 Å². The smallest absolute Gasteiger partial charge is 0.305 e. The van der Waals surface area contributed by atoms with Crippen molar-refractivity contribution in [3.8, 4) is 0 Å². The van der Waals surface area contributed by atoms with Gasteiger partial charge in [0.05, 0.1) is 19.1 Å². The summed E-state index contributed by atoms with van der Waals surface area (Å²) in [6.07, 6.45) is 3.63. The topological polar surface area (TPSA) is 62.5 Å². The minimum atomic E-state index is -0.906. The molecule has 0 radical (unpaired) electrons. The van der Waals surface area contributed by atoms with Crippen LogP contribution < -0.4 is 0 Å². The van der Waals surface area contributed by atoms with E-state index in [1.807, 2.05) is 41.2 Å². The van der Waals surface area contributed by atoms with Gasteiger partial charge in [-0.3, -0.25) is 9.59 Å². The van der Waals surface area contributed by atoms with Crippen LogP contribution in [0.5, 0.6) is 0 Å². The van der Waals surface area contributed by atoms with E-state index in [2.05, 4.69) is 0 Å². The molecule has 0 spiro atoms. The average Bonchev–Trinajstić information content (AvgIpc) is 3.02. The lowest BCUT2D eigenvalue weighted by molar-refractivity contribution is -0.138. The fourth-order valence-corrected chi connectivity index (χ4v) is 2.64. The lowest BCUT2D eigenvalue weighted by Gasteiger charge is -2.24. The molecular formula is C15H14N2O3. The highest BCUT2D eigenvalue weighted by Crippen LogP contribution is 2.36. The predicted octanol–water partition coefficient (Wildman–Crippen LogP) is 2.12. The molecule has 1 amide bonds. The number of nitrogens with zero attached hydrogens (tertiary/aromatic N) is 2. The zero-order valence-corrected chi connectivity index (χ0v) is 10.8. The summed E-state index contributed by atoms with van der Waals surface area (Å²) in [4.78, 5) is 25.1. The molecule has 5 nitrogen and oxygen atoms in total. The number of aliphatic carboxylic acids is 1. The predicted molar refractivity (Wildman–Crippen MR) is 72.0 cm³/mol. The van der Waals surface area contributed by atoms with Gasteiger partial charge < -0.3 is 14.6 Å². The first-order valence-electron chi connectivity index (χ1n) is 6.39. The van der Waals surface area contributed by atoms with Crippen molar-refractivity contribution in [2.24, 2.45) is 0 Å². The quantitative estimate of drug-likeness (QED) is 0.925. The molecule has 1 aromatic carbocycles. The number of benzene rings is 1. The molecule has 1 aliphatic rings. The molecule has 102 valence electrons. The molecule has 2 aromatic rings. The zero-order valence-electron chi connectivity index (χ0n) is 10.8. The molecule has 0 saturated carbocycles. The molecule has 0 bridgehead atoms. The van der Waals surface area contributed by atoms with Gasteiger partial charge in [-0.2, -0.15) is 0 Å². The highest BCUT2D eigenvalue weighted by Gasteiger charge is 2.37. The third kappa shape index (κ3) is 2.07. The Labute approximate surface area is 116 Å². The Balaban J connectivity index is 1.96. The third-order valence-corrected chi connectivity index (χ3v) is 3.54. The van der Waals surface area contributed by atoms with Gasteiger partial charge >= 0.3 is 5.97 Å². The summed E-state index contributed by atoms with van der Waals surface area (Å²) in [5.74, 6) is -1.02. The molecule has 1 aliphatic heterocycles. The molecule has 3 rings (SSSR count). The summed E-state index contributed by atoms with van der Waals surface area (Å²) in [6, 6.07) is 10.6. The van der Waals surface area contributed by atoms with Gasteiger partial charge in [-0.25, -0.2) is 0 Å². The Bertz CT molecular complexity index is 649. The van der Waals surface area contributed by atoms with E-state index in [-0.39, 0.29) is 12.3 Å². The van der Waals surface area contributed by atoms with Gasteiger partial charge in [0.1, 0.15) is 0 Å². The molecule has 1 aromatic heterocycles. The number of hydrogen-bond donors (Lipinski definition) is 1. The van der Waals surface area contributed by atoms with Crippen molar-refractivity contribution in [3.05, 3.63) is 59.9 Å². The maximum absolute atomic E-state index is 12.4. The first-order valence-corrected chi connectivity index (χ1v) is 6.39. The highest BCUT2D eigenvalue weighted by molar-refractivity contribution is 5.99. The number of carboxylic acids is 1. The van der Waals surface area contributed by atoms with Crippen molar-refractivity contribution in [2.75, 3.05) is 0 Å². The van der Waals surface area contributed by atoms with Crippen LogP contribution in [0.1, 0.15) is 28.4 Å². The number of carbonyl (C=O) groups is 2. The van der Waals surface area contributed by atoms with Crippen LogP contribution in [0, 0.1) is 0 Å². The van der Waals surface area contributed by atoms with Gasteiger partial charge in [0.25, 0.3) is 5.91 Å². The molecule has 20 heavy (non-hydrogen) atoms. The Morgan fingerprint density at radius 1 is 1.15 bits per heavy atom. The monoisotopic (exact) mass is 270 g/mol. The number of amides is 1. The molecule has 1 N–H and O–H groups in total. The third-order valence-electron chi connectivity index (χ3n) is 3.54. The van der Waals surface area contributed by atoms with Crippen molar-refractivity contribution in [1.82, 2.24) is 9.47 Å². The SMILES string of the molecule is O=C(O)CC1c2ccccc2C(=O)N1Cn1cccc1. The maximum Gasteiger partial charge on any atom is 0.305 e. The normalized spacial score (nSPS) is 17.3. The van der Waals surface area contributed by atoms with Crippen LogP contribution in [-0.2, 0) is 11.5 Å². The lowest BCUT2D eigenvalue weighted by Crippen LogP contribution is -2.31. The van der Waals surface area contributed by atoms with E-state index in [0.29, 0.717) is 12.2 Å². The van der Waals surface area contributed by atoms with Crippen molar-refractivity contribution < 1.29 is 14.7 Å². The minimum absolute atomic E-state index is 0.0793. The van der Waals surface area contributed by atoms with Crippen molar-refractivity contribution in [1.29, 1.82) is 0 Å². The average molecular weight is 270 g/mol. The molecule has 1 unspecified atom stereocenters. The minimum Gasteiger partial charge on any atom is -0.481 e. The van der Waals surface area contributed by atoms with E-state index in [1.165, 1.54) is 0 Å². The van der Waals surface area contributed by atoms with Gasteiger partial charge in [-0.05, 0) is 23.8 Å². The van der Waals surface area contributed by atoms with E-state index >= 15 is 0 Å². The fraction of sp³-hybridized carbons (Fsp3) is 0.200. The Morgan fingerprint density at radius 2 is 1.85 bits per heavy atom. The largest absolute Gasteiger partial charge is 0.481 e. The van der Waals surface area contributed by atoms with E-state index in [1.54, 1.807) is 17.0 Å². The summed E-state index contributed by atoms with van der Waals surface area (Å²) in [5, 5.41) is 9.08. The summed E-state index contributed by atoms with van der Waals surface area (Å²) >= 11 is 0. The molecule has 0 aliphatic carbocycles. The van der Waals surface area contributed by atoms with Gasteiger partial charge in [-0.1, -0.05) is 18.2 Å². The second-order valence-electron chi connectivity index (χ2n) is 4.81. The molecule has 0 fully saturated rings. The summed E-state index contributed by atoms with van der Waals surface area (Å²) in [7, 11) is 0. The number of carboxylic acid groups (broad SMARTS) is 1. The van der Waals surface area contributed by atoms with Crippen molar-refractivity contribution in [3.63, 3.8) is 0 Å². The van der Waals surface area contributed by atoms with Gasteiger partial charge in [0.15, 0.2) is 0 Å². The number of rotatable bonds is 4. The Kier molecular flexibility index (Phi) is 3.02. The second kappa shape index (κ2) is 4.85. The maximum atomic E-state index is 12.4. The van der Waals surface area contributed by atoms with Crippen LogP contribution in [0.25, 0.3) is 0 Å². The zero-order chi connectivity index (χ0) is 14.1. The van der Waals surface area contributed by atoms with Crippen LogP contribution in [0.2, 0.25) is 0 Å². The van der Waals surface area contributed by atoms with Gasteiger partial charge in [0.2, 0.25) is 0 Å². The van der Waals surface area contributed by atoms with Crippen molar-refractivity contribution in [2.45, 2.75) is 19.1 Å². The van der Waals surface area contributed by atoms with Crippen LogP contribution in [0.3, 0.4) is 0 Å². The van der Waals surface area contributed by atoms with E-state index in [9.17, 15) is 9.59 Å². The summed E-state index contributed by atoms with van der Waals surface area (Å²) in [5.41, 5.74) is 1.40. The van der Waals surface area contributed by atoms with Crippen LogP contribution in [0.4, 0.5) is 0 Å². The van der Waals surface area contributed by atoms with E-state index in [4.69, 9.17) is 5.11 Å². The standard InChI is InChI=1S/C15H14N2O3/c18-14(19)9-13-11-5-1-2-6-12(11)15(20)17(13)10-16-7-3-4-8-16/h1-8,13H,9-10H2,(H,18,19). The summed E-state index contributed by atoms with van der Waals surface area (Å²) < 4.78 is 1.86. The van der Waals surface area contributed by atoms with Crippen molar-refractivity contribution >= 4 is 11.9 Å². The highest BCUT2D eigenvalue weighted by atomic mass is 16.4. The molecule has 1 atom stereocenters. The number of hydrogen-bond acceptors (Lipinski definition) is 2. The van der Waals surface area contributed by atoms with Crippen LogP contribution in [0.15, 0.2) is 48.8 Å². The number of aromatic nitrogens is 1. The first-order chi connectivity index (χ1) is 9.66. The Hall–Kier alpha value is -2.56. The number of carbonyl (C=O) groups excluding carboxylic acids is 1. The van der Waals surface area contributed by atoms with E-state index in [0.717, 1.165) is 5.56 Å². The van der Waals surface area contributed by atoms with E-state index < -0.39 is 12.0 Å². The fourth-order valence-electron chi connectivity index (χ4n) is 2.64. The number of fused-ring (bicyclic) bond motifs is 1. The van der Waals surface area contributed by atoms with Gasteiger partial charge in [-0.15, -0.1) is 0 Å². The lowest BCUT2D eigenvalue weighted by atomic mass is 10.0. The molecule has 5 heteroatoms. The first kappa shape index (κ1) is 12.5. The molecular weight excluding hydrogens is 256 g/mol.